The van der Waals surface area contributed by atoms with Crippen molar-refractivity contribution in [3.8, 4) is 0 Å². The Labute approximate surface area is 131 Å². The molecular weight excluding hydrogens is 292 g/mol. The highest BCUT2D eigenvalue weighted by Gasteiger charge is 2.12. The van der Waals surface area contributed by atoms with E-state index in [4.69, 9.17) is 8.83 Å². The van der Waals surface area contributed by atoms with Crippen molar-refractivity contribution >= 4 is 27.6 Å². The maximum absolute atomic E-state index is 12.3. The lowest BCUT2D eigenvalue weighted by molar-refractivity contribution is 0.513. The smallest absolute Gasteiger partial charge is 0.347 e. The van der Waals surface area contributed by atoms with Crippen molar-refractivity contribution in [2.45, 2.75) is 6.42 Å². The Morgan fingerprint density at radius 2 is 1.96 bits per heavy atom. The molecule has 0 amide bonds. The maximum Gasteiger partial charge on any atom is 0.347 e. The van der Waals surface area contributed by atoms with Crippen molar-refractivity contribution < 1.29 is 8.83 Å². The molecule has 0 saturated heterocycles. The predicted molar refractivity (Wildman–Crippen MR) is 88.7 cm³/mol. The molecule has 0 atom stereocenters. The van der Waals surface area contributed by atoms with Crippen LogP contribution < -0.4 is 10.9 Å². The summed E-state index contributed by atoms with van der Waals surface area (Å²) in [6.45, 7) is 0.617. The fraction of sp³-hybridized carbons (Fsp3) is 0.111. The van der Waals surface area contributed by atoms with Gasteiger partial charge in [0.2, 0.25) is 0 Å². The molecule has 3 heterocycles. The number of furan rings is 1. The zero-order valence-corrected chi connectivity index (χ0v) is 12.3. The highest BCUT2D eigenvalue weighted by molar-refractivity contribution is 6.07. The van der Waals surface area contributed by atoms with Gasteiger partial charge in [-0.15, -0.1) is 0 Å². The van der Waals surface area contributed by atoms with Crippen LogP contribution in [-0.2, 0) is 6.42 Å². The first-order chi connectivity index (χ1) is 11.3. The Balaban J connectivity index is 1.75. The van der Waals surface area contributed by atoms with Crippen LogP contribution in [0.1, 0.15) is 5.76 Å². The van der Waals surface area contributed by atoms with Crippen molar-refractivity contribution in [1.29, 1.82) is 0 Å². The number of anilines is 1. The van der Waals surface area contributed by atoms with Crippen molar-refractivity contribution in [2.24, 2.45) is 0 Å². The minimum absolute atomic E-state index is 0.382. The van der Waals surface area contributed by atoms with E-state index in [0.717, 1.165) is 16.5 Å². The van der Waals surface area contributed by atoms with Crippen LogP contribution in [-0.4, -0.2) is 11.5 Å². The highest BCUT2D eigenvalue weighted by atomic mass is 16.4. The molecule has 5 heteroatoms. The monoisotopic (exact) mass is 306 g/mol. The van der Waals surface area contributed by atoms with Gasteiger partial charge in [0.25, 0.3) is 0 Å². The quantitative estimate of drug-likeness (QED) is 0.461. The van der Waals surface area contributed by atoms with E-state index < -0.39 is 0 Å². The molecule has 0 aliphatic rings. The second kappa shape index (κ2) is 5.61. The molecule has 0 aliphatic carbocycles. The molecule has 0 fully saturated rings. The van der Waals surface area contributed by atoms with Crippen molar-refractivity contribution in [3.63, 3.8) is 0 Å². The van der Waals surface area contributed by atoms with Gasteiger partial charge in [-0.25, -0.2) is 9.78 Å². The first-order valence-electron chi connectivity index (χ1n) is 7.40. The number of pyridine rings is 1. The summed E-state index contributed by atoms with van der Waals surface area (Å²) in [6, 6.07) is 13.1. The second-order valence-electron chi connectivity index (χ2n) is 5.22. The summed E-state index contributed by atoms with van der Waals surface area (Å²) in [7, 11) is 0. The third kappa shape index (κ3) is 2.46. The number of hydrogen-bond donors (Lipinski definition) is 1. The summed E-state index contributed by atoms with van der Waals surface area (Å²) in [5, 5.41) is 5.42. The van der Waals surface area contributed by atoms with Gasteiger partial charge in [0.05, 0.1) is 6.26 Å². The third-order valence-corrected chi connectivity index (χ3v) is 3.78. The normalized spacial score (nSPS) is 11.1. The van der Waals surface area contributed by atoms with Crippen LogP contribution >= 0.6 is 0 Å². The first kappa shape index (κ1) is 13.6. The SMILES string of the molecule is O=c1oc2ccccc2c2ccnc(NCCc3ccco3)c12. The molecule has 0 unspecified atom stereocenters. The summed E-state index contributed by atoms with van der Waals surface area (Å²) >= 11 is 0. The zero-order valence-electron chi connectivity index (χ0n) is 12.3. The van der Waals surface area contributed by atoms with E-state index in [1.165, 1.54) is 0 Å². The first-order valence-corrected chi connectivity index (χ1v) is 7.40. The van der Waals surface area contributed by atoms with Crippen molar-refractivity contribution in [3.05, 3.63) is 71.1 Å². The molecule has 114 valence electrons. The van der Waals surface area contributed by atoms with Gasteiger partial charge in [-0.1, -0.05) is 18.2 Å². The molecule has 4 aromatic rings. The fourth-order valence-corrected chi connectivity index (χ4v) is 2.71. The Bertz CT molecular complexity index is 1020. The lowest BCUT2D eigenvalue weighted by Crippen LogP contribution is -2.10. The number of fused-ring (bicyclic) bond motifs is 3. The van der Waals surface area contributed by atoms with Gasteiger partial charge in [-0.2, -0.15) is 0 Å². The van der Waals surface area contributed by atoms with E-state index in [0.29, 0.717) is 29.8 Å². The summed E-state index contributed by atoms with van der Waals surface area (Å²) < 4.78 is 10.7. The Morgan fingerprint density at radius 3 is 2.83 bits per heavy atom. The van der Waals surface area contributed by atoms with E-state index in [1.807, 2.05) is 36.4 Å². The van der Waals surface area contributed by atoms with Crippen LogP contribution in [0.15, 0.2) is 68.6 Å². The number of hydrogen-bond acceptors (Lipinski definition) is 5. The Kier molecular flexibility index (Phi) is 3.31. The standard InChI is InChI=1S/C18H14N2O3/c21-18-16-14(13-5-1-2-6-15(13)23-18)8-10-20-17(16)19-9-7-12-4-3-11-22-12/h1-6,8,10-11H,7,9H2,(H,19,20). The maximum atomic E-state index is 12.3. The molecular formula is C18H14N2O3. The lowest BCUT2D eigenvalue weighted by Gasteiger charge is -2.08. The van der Waals surface area contributed by atoms with Crippen molar-refractivity contribution in [1.82, 2.24) is 4.98 Å². The van der Waals surface area contributed by atoms with Crippen LogP contribution in [0.25, 0.3) is 21.7 Å². The minimum Gasteiger partial charge on any atom is -0.469 e. The molecule has 3 aromatic heterocycles. The lowest BCUT2D eigenvalue weighted by atomic mass is 10.1. The number of nitrogens with zero attached hydrogens (tertiary/aromatic N) is 1. The molecule has 4 rings (SSSR count). The van der Waals surface area contributed by atoms with Crippen LogP contribution in [0.4, 0.5) is 5.82 Å². The topological polar surface area (TPSA) is 68.3 Å². The summed E-state index contributed by atoms with van der Waals surface area (Å²) in [5.41, 5.74) is 0.199. The van der Waals surface area contributed by atoms with E-state index >= 15 is 0 Å². The number of para-hydroxylation sites is 1. The van der Waals surface area contributed by atoms with Crippen LogP contribution in [0.3, 0.4) is 0 Å². The van der Waals surface area contributed by atoms with Gasteiger partial charge < -0.3 is 14.2 Å². The molecule has 23 heavy (non-hydrogen) atoms. The summed E-state index contributed by atoms with van der Waals surface area (Å²) in [6.07, 6.45) is 4.06. The Morgan fingerprint density at radius 1 is 1.04 bits per heavy atom. The molecule has 1 N–H and O–H groups in total. The van der Waals surface area contributed by atoms with Gasteiger partial charge in [-0.05, 0) is 24.3 Å². The van der Waals surface area contributed by atoms with Gasteiger partial charge in [0, 0.05) is 29.9 Å². The van der Waals surface area contributed by atoms with Gasteiger partial charge in [0.1, 0.15) is 22.5 Å². The van der Waals surface area contributed by atoms with E-state index in [9.17, 15) is 4.79 Å². The fourth-order valence-electron chi connectivity index (χ4n) is 2.71. The molecule has 0 radical (unpaired) electrons. The zero-order chi connectivity index (χ0) is 15.6. The van der Waals surface area contributed by atoms with Crippen molar-refractivity contribution in [2.75, 3.05) is 11.9 Å². The van der Waals surface area contributed by atoms with Gasteiger partial charge >= 0.3 is 5.63 Å². The number of aromatic nitrogens is 1. The van der Waals surface area contributed by atoms with E-state index in [2.05, 4.69) is 10.3 Å². The molecule has 0 saturated carbocycles. The molecule has 1 aromatic carbocycles. The molecule has 0 bridgehead atoms. The number of rotatable bonds is 4. The third-order valence-electron chi connectivity index (χ3n) is 3.78. The van der Waals surface area contributed by atoms with E-state index in [-0.39, 0.29) is 5.63 Å². The summed E-state index contributed by atoms with van der Waals surface area (Å²) in [4.78, 5) is 16.6. The number of nitrogens with one attached hydrogen (secondary N) is 1. The Hall–Kier alpha value is -3.08. The van der Waals surface area contributed by atoms with Crippen LogP contribution in [0.2, 0.25) is 0 Å². The van der Waals surface area contributed by atoms with Gasteiger partial charge in [-0.3, -0.25) is 0 Å². The molecule has 0 aliphatic heterocycles. The second-order valence-corrected chi connectivity index (χ2v) is 5.22. The largest absolute Gasteiger partial charge is 0.469 e. The summed E-state index contributed by atoms with van der Waals surface area (Å²) in [5.74, 6) is 1.42. The van der Waals surface area contributed by atoms with Crippen LogP contribution in [0.5, 0.6) is 0 Å². The average Bonchev–Trinajstić information content (AvgIpc) is 3.08. The van der Waals surface area contributed by atoms with Crippen LogP contribution in [0, 0.1) is 0 Å². The minimum atomic E-state index is -0.382. The van der Waals surface area contributed by atoms with E-state index in [1.54, 1.807) is 18.5 Å². The average molecular weight is 306 g/mol. The highest BCUT2D eigenvalue weighted by Crippen LogP contribution is 2.25. The molecule has 0 spiro atoms. The molecule has 5 nitrogen and oxygen atoms in total. The van der Waals surface area contributed by atoms with Gasteiger partial charge in [0.15, 0.2) is 0 Å². The number of benzene rings is 1. The predicted octanol–water partition coefficient (Wildman–Crippen LogP) is 3.59.